The van der Waals surface area contributed by atoms with Gasteiger partial charge in [0.1, 0.15) is 23.9 Å². The summed E-state index contributed by atoms with van der Waals surface area (Å²) in [6, 6.07) is 14.6. The molecule has 2 rings (SSSR count). The average Bonchev–Trinajstić information content (AvgIpc) is 2.77. The van der Waals surface area contributed by atoms with Crippen LogP contribution in [0.2, 0.25) is 0 Å². The van der Waals surface area contributed by atoms with E-state index in [2.05, 4.69) is 0 Å². The molecule has 2 aromatic carbocycles. The highest BCUT2D eigenvalue weighted by Gasteiger charge is 2.33. The van der Waals surface area contributed by atoms with Crippen molar-refractivity contribution in [2.45, 2.75) is 52.3 Å². The minimum Gasteiger partial charge on any atom is -0.508 e. The van der Waals surface area contributed by atoms with Gasteiger partial charge in [0.25, 0.3) is 0 Å². The number of amides is 1. The maximum atomic E-state index is 13.8. The number of nitrogens with zero attached hydrogens (tertiary/aromatic N) is 2. The molecule has 0 aromatic heterocycles. The Morgan fingerprint density at radius 3 is 2.17 bits per heavy atom. The molecule has 9 nitrogen and oxygen atoms in total. The van der Waals surface area contributed by atoms with Crippen LogP contribution in [0.15, 0.2) is 54.6 Å². The standard InChI is InChI=1S/C26H34N2O7/c1-6-33-23(30)18-28(17-20-10-8-7-9-11-20)24(31)22(16-19-12-14-21(29)15-13-19)27(5)35-25(32)34-26(2,3)4/h7-15,22,29H,6,16-18H2,1-5H3/t22-/m1/s1. The Morgan fingerprint density at radius 1 is 0.971 bits per heavy atom. The Balaban J connectivity index is 2.33. The second-order valence-corrected chi connectivity index (χ2v) is 8.97. The van der Waals surface area contributed by atoms with Gasteiger partial charge in [0.2, 0.25) is 5.91 Å². The number of hydrogen-bond acceptors (Lipinski definition) is 8. The SMILES string of the molecule is CCOC(=O)CN(Cc1ccccc1)C(=O)[C@@H](Cc1ccc(O)cc1)N(C)OC(=O)OC(C)(C)C. The lowest BCUT2D eigenvalue weighted by Gasteiger charge is -2.31. The molecule has 0 fully saturated rings. The average molecular weight is 487 g/mol. The van der Waals surface area contributed by atoms with Crippen molar-refractivity contribution in [1.82, 2.24) is 9.96 Å². The number of phenolic OH excluding ortho intramolecular Hbond substituents is 1. The van der Waals surface area contributed by atoms with Gasteiger partial charge in [-0.05, 0) is 51.0 Å². The molecular weight excluding hydrogens is 452 g/mol. The van der Waals surface area contributed by atoms with E-state index in [1.165, 1.54) is 24.1 Å². The molecular formula is C26H34N2O7. The molecule has 9 heteroatoms. The summed E-state index contributed by atoms with van der Waals surface area (Å²) in [4.78, 5) is 45.1. The molecule has 0 spiro atoms. The Bertz CT molecular complexity index is 971. The monoisotopic (exact) mass is 486 g/mol. The van der Waals surface area contributed by atoms with E-state index in [-0.39, 0.29) is 31.9 Å². The predicted octanol–water partition coefficient (Wildman–Crippen LogP) is 3.69. The third kappa shape index (κ3) is 9.66. The number of carbonyl (C=O) groups excluding carboxylic acids is 3. The van der Waals surface area contributed by atoms with Crippen molar-refractivity contribution >= 4 is 18.0 Å². The van der Waals surface area contributed by atoms with Gasteiger partial charge in [0.15, 0.2) is 0 Å². The number of esters is 1. The second kappa shape index (κ2) is 12.8. The van der Waals surface area contributed by atoms with Gasteiger partial charge in [-0.2, -0.15) is 0 Å². The number of likely N-dealkylation sites (N-methyl/N-ethyl adjacent to an activating group) is 1. The van der Waals surface area contributed by atoms with Crippen molar-refractivity contribution in [3.63, 3.8) is 0 Å². The summed E-state index contributed by atoms with van der Waals surface area (Å²) in [5.41, 5.74) is 0.762. The molecule has 1 atom stereocenters. The Morgan fingerprint density at radius 2 is 1.60 bits per heavy atom. The molecule has 0 aliphatic carbocycles. The molecule has 190 valence electrons. The number of carbonyl (C=O) groups is 3. The topological polar surface area (TPSA) is 106 Å². The number of rotatable bonds is 10. The van der Waals surface area contributed by atoms with Gasteiger partial charge in [-0.25, -0.2) is 4.79 Å². The lowest BCUT2D eigenvalue weighted by atomic mass is 10.0. The number of aromatic hydroxyl groups is 1. The fourth-order valence-electron chi connectivity index (χ4n) is 3.27. The van der Waals surface area contributed by atoms with Gasteiger partial charge in [-0.3, -0.25) is 9.59 Å². The normalized spacial score (nSPS) is 12.1. The van der Waals surface area contributed by atoms with Crippen LogP contribution in [0.3, 0.4) is 0 Å². The van der Waals surface area contributed by atoms with Crippen LogP contribution in [-0.4, -0.2) is 64.9 Å². The van der Waals surface area contributed by atoms with Gasteiger partial charge < -0.3 is 24.3 Å². The highest BCUT2D eigenvalue weighted by Crippen LogP contribution is 2.18. The molecule has 0 aliphatic heterocycles. The molecule has 0 saturated carbocycles. The first-order valence-corrected chi connectivity index (χ1v) is 11.4. The van der Waals surface area contributed by atoms with Crippen molar-refractivity contribution in [2.24, 2.45) is 0 Å². The van der Waals surface area contributed by atoms with Crippen molar-refractivity contribution < 1.29 is 33.8 Å². The number of hydroxylamine groups is 2. The summed E-state index contributed by atoms with van der Waals surface area (Å²) in [5, 5.41) is 10.7. The van der Waals surface area contributed by atoms with Crippen LogP contribution in [0.25, 0.3) is 0 Å². The summed E-state index contributed by atoms with van der Waals surface area (Å²) < 4.78 is 10.3. The molecule has 0 unspecified atom stereocenters. The summed E-state index contributed by atoms with van der Waals surface area (Å²) in [6.07, 6.45) is -0.810. The zero-order valence-corrected chi connectivity index (χ0v) is 20.9. The Hall–Kier alpha value is -3.59. The van der Waals surface area contributed by atoms with Gasteiger partial charge in [0, 0.05) is 20.0 Å². The molecule has 1 amide bonds. The highest BCUT2D eigenvalue weighted by molar-refractivity contribution is 5.86. The molecule has 0 heterocycles. The molecule has 35 heavy (non-hydrogen) atoms. The third-order valence-corrected chi connectivity index (χ3v) is 4.85. The largest absolute Gasteiger partial charge is 0.528 e. The first-order chi connectivity index (χ1) is 16.5. The van der Waals surface area contributed by atoms with Crippen LogP contribution in [0.5, 0.6) is 5.75 Å². The Kier molecular flexibility index (Phi) is 10.1. The summed E-state index contributed by atoms with van der Waals surface area (Å²) in [6.45, 7) is 6.87. The summed E-state index contributed by atoms with van der Waals surface area (Å²) >= 11 is 0. The van der Waals surface area contributed by atoms with E-state index in [4.69, 9.17) is 14.3 Å². The minimum absolute atomic E-state index is 0.0861. The first kappa shape index (κ1) is 27.7. The van der Waals surface area contributed by atoms with E-state index in [1.807, 2.05) is 30.3 Å². The van der Waals surface area contributed by atoms with E-state index < -0.39 is 29.7 Å². The maximum absolute atomic E-state index is 13.8. The molecule has 0 bridgehead atoms. The van der Waals surface area contributed by atoms with Crippen molar-refractivity contribution in [1.29, 1.82) is 0 Å². The van der Waals surface area contributed by atoms with Crippen molar-refractivity contribution in [3.8, 4) is 5.75 Å². The van der Waals surface area contributed by atoms with Crippen molar-refractivity contribution in [2.75, 3.05) is 20.2 Å². The number of benzene rings is 2. The zero-order valence-electron chi connectivity index (χ0n) is 20.9. The Labute approximate surface area is 206 Å². The number of ether oxygens (including phenoxy) is 2. The molecule has 1 N–H and O–H groups in total. The van der Waals surface area contributed by atoms with E-state index in [9.17, 15) is 19.5 Å². The van der Waals surface area contributed by atoms with Gasteiger partial charge in [0.05, 0.1) is 6.61 Å². The first-order valence-electron chi connectivity index (χ1n) is 11.4. The zero-order chi connectivity index (χ0) is 26.0. The molecule has 2 aromatic rings. The van der Waals surface area contributed by atoms with Crippen LogP contribution < -0.4 is 0 Å². The highest BCUT2D eigenvalue weighted by atomic mass is 16.8. The fraction of sp³-hybridized carbons (Fsp3) is 0.423. The number of hydrogen-bond donors (Lipinski definition) is 1. The third-order valence-electron chi connectivity index (χ3n) is 4.85. The van der Waals surface area contributed by atoms with Crippen LogP contribution in [0, 0.1) is 0 Å². The smallest absolute Gasteiger partial charge is 0.508 e. The second-order valence-electron chi connectivity index (χ2n) is 8.97. The molecule has 0 saturated heterocycles. The quantitative estimate of drug-likeness (QED) is 0.400. The van der Waals surface area contributed by atoms with Crippen LogP contribution in [-0.2, 0) is 36.9 Å². The lowest BCUT2D eigenvalue weighted by molar-refractivity contribution is -0.172. The van der Waals surface area contributed by atoms with Gasteiger partial charge in [-0.1, -0.05) is 42.5 Å². The van der Waals surface area contributed by atoms with E-state index in [0.717, 1.165) is 16.2 Å². The summed E-state index contributed by atoms with van der Waals surface area (Å²) in [5.74, 6) is -0.903. The predicted molar refractivity (Wildman–Crippen MR) is 129 cm³/mol. The van der Waals surface area contributed by atoms with Gasteiger partial charge in [-0.15, -0.1) is 5.06 Å². The van der Waals surface area contributed by atoms with Gasteiger partial charge >= 0.3 is 12.1 Å². The van der Waals surface area contributed by atoms with Crippen LogP contribution in [0.1, 0.15) is 38.8 Å². The van der Waals surface area contributed by atoms with Crippen LogP contribution in [0.4, 0.5) is 4.79 Å². The minimum atomic E-state index is -0.981. The van der Waals surface area contributed by atoms with E-state index in [0.29, 0.717) is 0 Å². The summed E-state index contributed by atoms with van der Waals surface area (Å²) in [7, 11) is 1.46. The van der Waals surface area contributed by atoms with Crippen LogP contribution >= 0.6 is 0 Å². The van der Waals surface area contributed by atoms with E-state index in [1.54, 1.807) is 39.8 Å². The fourth-order valence-corrected chi connectivity index (χ4v) is 3.27. The van der Waals surface area contributed by atoms with Crippen molar-refractivity contribution in [3.05, 3.63) is 65.7 Å². The molecule has 0 radical (unpaired) electrons. The maximum Gasteiger partial charge on any atom is 0.528 e. The van der Waals surface area contributed by atoms with E-state index >= 15 is 0 Å². The number of phenols is 1. The lowest BCUT2D eigenvalue weighted by Crippen LogP contribution is -2.50. The molecule has 0 aliphatic rings.